The van der Waals surface area contributed by atoms with Crippen LogP contribution in [0.15, 0.2) is 54.6 Å². The lowest BCUT2D eigenvalue weighted by atomic mass is 10.1. The van der Waals surface area contributed by atoms with Crippen LogP contribution in [0.2, 0.25) is 5.02 Å². The van der Waals surface area contributed by atoms with E-state index in [1.165, 1.54) is 6.92 Å². The van der Waals surface area contributed by atoms with E-state index in [0.29, 0.717) is 16.3 Å². The highest BCUT2D eigenvalue weighted by atomic mass is 35.5. The monoisotopic (exact) mass is 333 g/mol. The first kappa shape index (κ1) is 17.0. The molecule has 0 fully saturated rings. The van der Waals surface area contributed by atoms with Crippen molar-refractivity contribution in [3.8, 4) is 0 Å². The Kier molecular flexibility index (Phi) is 5.73. The van der Waals surface area contributed by atoms with Gasteiger partial charge < -0.3 is 15.2 Å². The van der Waals surface area contributed by atoms with Gasteiger partial charge in [-0.25, -0.2) is 4.79 Å². The molecule has 0 aromatic heterocycles. The molecule has 2 rings (SSSR count). The number of ether oxygens (including phenoxy) is 1. The van der Waals surface area contributed by atoms with Crippen LogP contribution in [-0.4, -0.2) is 23.1 Å². The van der Waals surface area contributed by atoms with Gasteiger partial charge >= 0.3 is 5.97 Å². The van der Waals surface area contributed by atoms with Crippen molar-refractivity contribution in [2.75, 3.05) is 5.32 Å². The molecule has 120 valence electrons. The van der Waals surface area contributed by atoms with Gasteiger partial charge in [0.2, 0.25) is 0 Å². The number of esters is 1. The molecular weight excluding hydrogens is 318 g/mol. The summed E-state index contributed by atoms with van der Waals surface area (Å²) >= 11 is 5.83. The van der Waals surface area contributed by atoms with Gasteiger partial charge in [-0.2, -0.15) is 0 Å². The molecule has 2 N–H and O–H groups in total. The fourth-order valence-corrected chi connectivity index (χ4v) is 2.06. The van der Waals surface area contributed by atoms with Gasteiger partial charge in [0.15, 0.2) is 12.2 Å². The average Bonchev–Trinajstić information content (AvgIpc) is 2.54. The molecule has 2 aromatic rings. The van der Waals surface area contributed by atoms with Crippen LogP contribution in [0.25, 0.3) is 0 Å². The highest BCUT2D eigenvalue weighted by Gasteiger charge is 2.24. The molecule has 0 saturated heterocycles. The predicted molar refractivity (Wildman–Crippen MR) is 87.0 cm³/mol. The molecule has 0 radical (unpaired) electrons. The topological polar surface area (TPSA) is 75.6 Å². The highest BCUT2D eigenvalue weighted by molar-refractivity contribution is 6.30. The van der Waals surface area contributed by atoms with E-state index in [0.717, 1.165) is 0 Å². The summed E-state index contributed by atoms with van der Waals surface area (Å²) in [6.45, 7) is 1.43. The van der Waals surface area contributed by atoms with Crippen LogP contribution in [0, 0.1) is 0 Å². The second-order valence-electron chi connectivity index (χ2n) is 4.89. The minimum absolute atomic E-state index is 0.403. The van der Waals surface area contributed by atoms with Crippen molar-refractivity contribution in [2.45, 2.75) is 19.1 Å². The van der Waals surface area contributed by atoms with Crippen LogP contribution in [-0.2, 0) is 14.3 Å². The van der Waals surface area contributed by atoms with Gasteiger partial charge in [-0.15, -0.1) is 0 Å². The first-order valence-corrected chi connectivity index (χ1v) is 7.35. The number of benzene rings is 2. The SMILES string of the molecule is C[C@H](OC(=O)[C@@H](O)c1ccccc1)C(=O)Nc1cccc(Cl)c1. The normalized spacial score (nSPS) is 13.0. The summed E-state index contributed by atoms with van der Waals surface area (Å²) in [7, 11) is 0. The van der Waals surface area contributed by atoms with Crippen LogP contribution in [0.5, 0.6) is 0 Å². The Morgan fingerprint density at radius 2 is 1.83 bits per heavy atom. The third-order valence-electron chi connectivity index (χ3n) is 3.09. The van der Waals surface area contributed by atoms with Crippen molar-refractivity contribution in [1.82, 2.24) is 0 Å². The maximum atomic E-state index is 12.0. The van der Waals surface area contributed by atoms with Gasteiger partial charge in [-0.3, -0.25) is 4.79 Å². The summed E-state index contributed by atoms with van der Waals surface area (Å²) in [4.78, 5) is 23.9. The molecule has 0 spiro atoms. The average molecular weight is 334 g/mol. The van der Waals surface area contributed by atoms with Gasteiger partial charge in [0, 0.05) is 10.7 Å². The van der Waals surface area contributed by atoms with E-state index in [1.54, 1.807) is 54.6 Å². The van der Waals surface area contributed by atoms with E-state index >= 15 is 0 Å². The van der Waals surface area contributed by atoms with Crippen LogP contribution in [0.1, 0.15) is 18.6 Å². The Morgan fingerprint density at radius 1 is 1.13 bits per heavy atom. The third-order valence-corrected chi connectivity index (χ3v) is 3.33. The number of hydrogen-bond acceptors (Lipinski definition) is 4. The van der Waals surface area contributed by atoms with Crippen molar-refractivity contribution in [3.05, 3.63) is 65.2 Å². The molecule has 0 saturated carbocycles. The number of hydrogen-bond donors (Lipinski definition) is 2. The van der Waals surface area contributed by atoms with E-state index in [1.807, 2.05) is 0 Å². The molecule has 0 heterocycles. The number of amides is 1. The van der Waals surface area contributed by atoms with E-state index in [4.69, 9.17) is 16.3 Å². The third kappa shape index (κ3) is 4.81. The van der Waals surface area contributed by atoms with Crippen LogP contribution in [0.3, 0.4) is 0 Å². The number of nitrogens with one attached hydrogen (secondary N) is 1. The molecule has 2 aromatic carbocycles. The molecule has 0 unspecified atom stereocenters. The zero-order chi connectivity index (χ0) is 16.8. The predicted octanol–water partition coefficient (Wildman–Crippen LogP) is 2.94. The lowest BCUT2D eigenvalue weighted by Crippen LogP contribution is -2.31. The summed E-state index contributed by atoms with van der Waals surface area (Å²) in [6.07, 6.45) is -2.49. The van der Waals surface area contributed by atoms with Crippen molar-refractivity contribution in [1.29, 1.82) is 0 Å². The lowest BCUT2D eigenvalue weighted by molar-refractivity contribution is -0.162. The summed E-state index contributed by atoms with van der Waals surface area (Å²) in [6, 6.07) is 15.0. The van der Waals surface area contributed by atoms with Gasteiger partial charge in [-0.05, 0) is 30.7 Å². The van der Waals surface area contributed by atoms with Crippen LogP contribution >= 0.6 is 11.6 Å². The fourth-order valence-electron chi connectivity index (χ4n) is 1.87. The van der Waals surface area contributed by atoms with Crippen LogP contribution in [0.4, 0.5) is 5.69 Å². The molecule has 23 heavy (non-hydrogen) atoms. The minimum Gasteiger partial charge on any atom is -0.450 e. The van der Waals surface area contributed by atoms with Gasteiger partial charge in [0.25, 0.3) is 5.91 Å². The zero-order valence-electron chi connectivity index (χ0n) is 12.4. The Balaban J connectivity index is 1.94. The highest BCUT2D eigenvalue weighted by Crippen LogP contribution is 2.17. The largest absolute Gasteiger partial charge is 0.450 e. The van der Waals surface area contributed by atoms with Gasteiger partial charge in [-0.1, -0.05) is 48.0 Å². The van der Waals surface area contributed by atoms with Crippen molar-refractivity contribution < 1.29 is 19.4 Å². The molecule has 5 nitrogen and oxygen atoms in total. The molecule has 0 bridgehead atoms. The van der Waals surface area contributed by atoms with E-state index in [2.05, 4.69) is 5.32 Å². The number of aliphatic hydroxyl groups excluding tert-OH is 1. The molecule has 0 aliphatic heterocycles. The van der Waals surface area contributed by atoms with Crippen molar-refractivity contribution >= 4 is 29.2 Å². The van der Waals surface area contributed by atoms with E-state index < -0.39 is 24.1 Å². The second kappa shape index (κ2) is 7.76. The first-order valence-electron chi connectivity index (χ1n) is 6.97. The minimum atomic E-state index is -1.43. The number of carbonyl (C=O) groups is 2. The van der Waals surface area contributed by atoms with Crippen molar-refractivity contribution in [3.63, 3.8) is 0 Å². The maximum absolute atomic E-state index is 12.0. The number of aliphatic hydroxyl groups is 1. The fraction of sp³-hybridized carbons (Fsp3) is 0.176. The zero-order valence-corrected chi connectivity index (χ0v) is 13.2. The Hall–Kier alpha value is -2.37. The number of halogens is 1. The Labute approximate surface area is 138 Å². The maximum Gasteiger partial charge on any atom is 0.340 e. The summed E-state index contributed by atoms with van der Waals surface area (Å²) < 4.78 is 5.00. The molecule has 1 amide bonds. The van der Waals surface area contributed by atoms with E-state index in [-0.39, 0.29) is 0 Å². The quantitative estimate of drug-likeness (QED) is 0.825. The Morgan fingerprint density at radius 3 is 2.48 bits per heavy atom. The number of carbonyl (C=O) groups excluding carboxylic acids is 2. The lowest BCUT2D eigenvalue weighted by Gasteiger charge is -2.16. The molecule has 0 aliphatic rings. The molecule has 2 atom stereocenters. The second-order valence-corrected chi connectivity index (χ2v) is 5.33. The van der Waals surface area contributed by atoms with Crippen molar-refractivity contribution in [2.24, 2.45) is 0 Å². The smallest absolute Gasteiger partial charge is 0.340 e. The summed E-state index contributed by atoms with van der Waals surface area (Å²) in [5, 5.41) is 13.0. The first-order chi connectivity index (χ1) is 11.0. The summed E-state index contributed by atoms with van der Waals surface area (Å²) in [5.41, 5.74) is 0.897. The standard InChI is InChI=1S/C17H16ClNO4/c1-11(16(21)19-14-9-5-8-13(18)10-14)23-17(22)15(20)12-6-3-2-4-7-12/h2-11,15,20H,1H3,(H,19,21)/t11-,15-/m0/s1. The van der Waals surface area contributed by atoms with E-state index in [9.17, 15) is 14.7 Å². The summed E-state index contributed by atoms with van der Waals surface area (Å²) in [5.74, 6) is -1.40. The molecular formula is C17H16ClNO4. The molecule has 0 aliphatic carbocycles. The van der Waals surface area contributed by atoms with Gasteiger partial charge in [0.1, 0.15) is 0 Å². The van der Waals surface area contributed by atoms with Crippen LogP contribution < -0.4 is 5.32 Å². The van der Waals surface area contributed by atoms with Gasteiger partial charge in [0.05, 0.1) is 0 Å². The number of rotatable bonds is 5. The Bertz CT molecular complexity index is 690. The number of anilines is 1. The molecule has 6 heteroatoms.